The minimum absolute atomic E-state index is 0.0698. The number of benzene rings is 1. The SMILES string of the molecule is CCCN(CCC)C(=O)CSc1nc(Cl)cc(N2CCN(C(=O)c3ccc(F)cc3)C(C)C2)n1. The summed E-state index contributed by atoms with van der Waals surface area (Å²) in [6, 6.07) is 7.24. The summed E-state index contributed by atoms with van der Waals surface area (Å²) in [4.78, 5) is 40.1. The lowest BCUT2D eigenvalue weighted by molar-refractivity contribution is -0.128. The summed E-state index contributed by atoms with van der Waals surface area (Å²) >= 11 is 7.56. The van der Waals surface area contributed by atoms with Gasteiger partial charge in [-0.05, 0) is 44.0 Å². The number of thioether (sulfide) groups is 1. The highest BCUT2D eigenvalue weighted by molar-refractivity contribution is 7.99. The van der Waals surface area contributed by atoms with Crippen LogP contribution in [0.3, 0.4) is 0 Å². The van der Waals surface area contributed by atoms with E-state index in [1.165, 1.54) is 36.0 Å². The zero-order valence-electron chi connectivity index (χ0n) is 19.8. The molecule has 1 aromatic heterocycles. The van der Waals surface area contributed by atoms with Crippen molar-refractivity contribution in [3.8, 4) is 0 Å². The van der Waals surface area contributed by atoms with Crippen LogP contribution in [0.2, 0.25) is 5.15 Å². The Kier molecular flexibility index (Phi) is 9.53. The molecule has 184 valence electrons. The molecular formula is C24H31ClFN5O2S. The van der Waals surface area contributed by atoms with E-state index >= 15 is 0 Å². The third kappa shape index (κ3) is 6.82. The number of anilines is 1. The first-order chi connectivity index (χ1) is 16.3. The molecule has 3 rings (SSSR count). The lowest BCUT2D eigenvalue weighted by atomic mass is 10.1. The number of carbonyl (C=O) groups is 2. The lowest BCUT2D eigenvalue weighted by Crippen LogP contribution is -2.54. The Morgan fingerprint density at radius 1 is 1.15 bits per heavy atom. The van der Waals surface area contributed by atoms with Crippen molar-refractivity contribution in [2.45, 2.75) is 44.8 Å². The number of amides is 2. The molecule has 1 aromatic carbocycles. The highest BCUT2D eigenvalue weighted by atomic mass is 35.5. The summed E-state index contributed by atoms with van der Waals surface area (Å²) in [5.74, 6) is 0.520. The predicted octanol–water partition coefficient (Wildman–Crippen LogP) is 4.36. The minimum Gasteiger partial charge on any atom is -0.353 e. The van der Waals surface area contributed by atoms with Crippen LogP contribution >= 0.6 is 23.4 Å². The van der Waals surface area contributed by atoms with Crippen molar-refractivity contribution >= 4 is 41.0 Å². The van der Waals surface area contributed by atoms with E-state index in [-0.39, 0.29) is 29.4 Å². The maximum absolute atomic E-state index is 13.2. The van der Waals surface area contributed by atoms with Crippen molar-refractivity contribution in [1.82, 2.24) is 19.8 Å². The maximum atomic E-state index is 13.2. The molecule has 1 saturated heterocycles. The summed E-state index contributed by atoms with van der Waals surface area (Å²) in [5.41, 5.74) is 0.468. The topological polar surface area (TPSA) is 69.6 Å². The van der Waals surface area contributed by atoms with Gasteiger partial charge in [-0.1, -0.05) is 37.2 Å². The molecular weight excluding hydrogens is 477 g/mol. The molecule has 1 aliphatic rings. The van der Waals surface area contributed by atoms with E-state index < -0.39 is 0 Å². The van der Waals surface area contributed by atoms with Crippen LogP contribution in [0, 0.1) is 5.82 Å². The fourth-order valence-electron chi connectivity index (χ4n) is 3.96. The van der Waals surface area contributed by atoms with Gasteiger partial charge in [0.05, 0.1) is 5.75 Å². The first-order valence-corrected chi connectivity index (χ1v) is 12.9. The van der Waals surface area contributed by atoms with Crippen LogP contribution in [-0.4, -0.2) is 76.1 Å². The van der Waals surface area contributed by atoms with Crippen molar-refractivity contribution in [3.63, 3.8) is 0 Å². The van der Waals surface area contributed by atoms with Gasteiger partial charge in [0.2, 0.25) is 5.91 Å². The molecule has 2 aromatic rings. The van der Waals surface area contributed by atoms with Crippen LogP contribution in [0.25, 0.3) is 0 Å². The second-order valence-corrected chi connectivity index (χ2v) is 9.63. The van der Waals surface area contributed by atoms with E-state index in [1.54, 1.807) is 11.0 Å². The normalized spacial score (nSPS) is 16.0. The van der Waals surface area contributed by atoms with E-state index in [2.05, 4.69) is 28.7 Å². The molecule has 1 aliphatic heterocycles. The number of carbonyl (C=O) groups excluding carboxylic acids is 2. The van der Waals surface area contributed by atoms with Gasteiger partial charge in [-0.2, -0.15) is 0 Å². The molecule has 0 radical (unpaired) electrons. The van der Waals surface area contributed by atoms with E-state index in [4.69, 9.17) is 11.6 Å². The molecule has 0 saturated carbocycles. The highest BCUT2D eigenvalue weighted by Gasteiger charge is 2.29. The van der Waals surface area contributed by atoms with Gasteiger partial charge >= 0.3 is 0 Å². The zero-order chi connectivity index (χ0) is 24.7. The maximum Gasteiger partial charge on any atom is 0.254 e. The molecule has 2 amide bonds. The Morgan fingerprint density at radius 2 is 1.82 bits per heavy atom. The lowest BCUT2D eigenvalue weighted by Gasteiger charge is -2.40. The summed E-state index contributed by atoms with van der Waals surface area (Å²) in [6.07, 6.45) is 1.84. The van der Waals surface area contributed by atoms with Crippen molar-refractivity contribution in [1.29, 1.82) is 0 Å². The Balaban J connectivity index is 1.64. The summed E-state index contributed by atoms with van der Waals surface area (Å²) in [6.45, 7) is 9.23. The number of nitrogens with zero attached hydrogens (tertiary/aromatic N) is 5. The van der Waals surface area contributed by atoms with Gasteiger partial charge < -0.3 is 14.7 Å². The molecule has 7 nitrogen and oxygen atoms in total. The molecule has 1 unspecified atom stereocenters. The Hall–Kier alpha value is -2.39. The largest absolute Gasteiger partial charge is 0.353 e. The van der Waals surface area contributed by atoms with Gasteiger partial charge in [0.1, 0.15) is 16.8 Å². The van der Waals surface area contributed by atoms with Crippen LogP contribution in [0.4, 0.5) is 10.2 Å². The predicted molar refractivity (Wildman–Crippen MR) is 134 cm³/mol. The number of rotatable bonds is 9. The van der Waals surface area contributed by atoms with Crippen molar-refractivity contribution in [2.24, 2.45) is 0 Å². The quantitative estimate of drug-likeness (QED) is 0.285. The smallest absolute Gasteiger partial charge is 0.254 e. The molecule has 0 aliphatic carbocycles. The number of hydrogen-bond donors (Lipinski definition) is 0. The van der Waals surface area contributed by atoms with Gasteiger partial charge in [-0.25, -0.2) is 14.4 Å². The number of aromatic nitrogens is 2. The van der Waals surface area contributed by atoms with Crippen molar-refractivity contribution in [2.75, 3.05) is 43.4 Å². The summed E-state index contributed by atoms with van der Waals surface area (Å²) in [5, 5.41) is 0.776. The fraction of sp³-hybridized carbons (Fsp3) is 0.500. The van der Waals surface area contributed by atoms with Gasteiger partial charge in [-0.15, -0.1) is 0 Å². The van der Waals surface area contributed by atoms with Crippen LogP contribution in [0.15, 0.2) is 35.5 Å². The standard InChI is InChI=1S/C24H31ClFN5O2S/c1-4-10-29(11-5-2)22(32)16-34-24-27-20(25)14-21(28-24)30-12-13-31(17(3)15-30)23(33)18-6-8-19(26)9-7-18/h6-9,14,17H,4-5,10-13,15-16H2,1-3H3. The Labute approximate surface area is 209 Å². The van der Waals surface area contributed by atoms with E-state index in [0.717, 1.165) is 25.9 Å². The van der Waals surface area contributed by atoms with Gasteiger partial charge in [0.15, 0.2) is 5.16 Å². The number of halogens is 2. The number of piperazine rings is 1. The summed E-state index contributed by atoms with van der Waals surface area (Å²) in [7, 11) is 0. The third-order valence-electron chi connectivity index (χ3n) is 5.63. The van der Waals surface area contributed by atoms with Gasteiger partial charge in [-0.3, -0.25) is 9.59 Å². The average Bonchev–Trinajstić information content (AvgIpc) is 2.82. The molecule has 0 N–H and O–H groups in total. The molecule has 1 fully saturated rings. The monoisotopic (exact) mass is 507 g/mol. The zero-order valence-corrected chi connectivity index (χ0v) is 21.4. The Morgan fingerprint density at radius 3 is 2.44 bits per heavy atom. The van der Waals surface area contributed by atoms with Gasteiger partial charge in [0, 0.05) is 50.4 Å². The molecule has 34 heavy (non-hydrogen) atoms. The molecule has 1 atom stereocenters. The van der Waals surface area contributed by atoms with Crippen LogP contribution in [0.1, 0.15) is 44.0 Å². The van der Waals surface area contributed by atoms with Crippen molar-refractivity contribution in [3.05, 3.63) is 46.9 Å². The second-order valence-electron chi connectivity index (χ2n) is 8.30. The van der Waals surface area contributed by atoms with Crippen molar-refractivity contribution < 1.29 is 14.0 Å². The number of hydrogen-bond acceptors (Lipinski definition) is 6. The van der Waals surface area contributed by atoms with Gasteiger partial charge in [0.25, 0.3) is 5.91 Å². The van der Waals surface area contributed by atoms with E-state index in [0.29, 0.717) is 41.3 Å². The molecule has 0 bridgehead atoms. The van der Waals surface area contributed by atoms with Crippen LogP contribution in [0.5, 0.6) is 0 Å². The first kappa shape index (κ1) is 26.2. The average molecular weight is 508 g/mol. The summed E-state index contributed by atoms with van der Waals surface area (Å²) < 4.78 is 13.2. The molecule has 0 spiro atoms. The molecule has 10 heteroatoms. The van der Waals surface area contributed by atoms with Crippen LogP contribution < -0.4 is 4.90 Å². The van der Waals surface area contributed by atoms with E-state index in [9.17, 15) is 14.0 Å². The second kappa shape index (κ2) is 12.4. The first-order valence-electron chi connectivity index (χ1n) is 11.6. The minimum atomic E-state index is -0.367. The van der Waals surface area contributed by atoms with Crippen LogP contribution in [-0.2, 0) is 4.79 Å². The van der Waals surface area contributed by atoms with E-state index in [1.807, 2.05) is 11.8 Å². The molecule has 2 heterocycles. The highest BCUT2D eigenvalue weighted by Crippen LogP contribution is 2.25. The third-order valence-corrected chi connectivity index (χ3v) is 6.65. The Bertz CT molecular complexity index is 988. The fourth-order valence-corrected chi connectivity index (χ4v) is 4.94.